The summed E-state index contributed by atoms with van der Waals surface area (Å²) in [6, 6.07) is 0.328. The van der Waals surface area contributed by atoms with Gasteiger partial charge in [0.2, 0.25) is 5.91 Å². The van der Waals surface area contributed by atoms with Crippen molar-refractivity contribution < 1.29 is 13.6 Å². The van der Waals surface area contributed by atoms with Gasteiger partial charge in [0.15, 0.2) is 0 Å². The first kappa shape index (κ1) is 9.83. The Morgan fingerprint density at radius 1 is 1.36 bits per heavy atom. The minimum absolute atomic E-state index is 0.193. The second-order valence-corrected chi connectivity index (χ2v) is 4.21. The van der Waals surface area contributed by atoms with Crippen molar-refractivity contribution in [1.29, 1.82) is 0 Å². The Labute approximate surface area is 81.2 Å². The summed E-state index contributed by atoms with van der Waals surface area (Å²) >= 11 is 0. The summed E-state index contributed by atoms with van der Waals surface area (Å²) in [5, 5.41) is 0. The number of amides is 1. The molecule has 0 aromatic rings. The molecule has 1 aliphatic heterocycles. The number of nitrogens with two attached hydrogens (primary N) is 1. The van der Waals surface area contributed by atoms with E-state index in [0.717, 1.165) is 12.8 Å². The van der Waals surface area contributed by atoms with Gasteiger partial charge in [-0.15, -0.1) is 0 Å². The Morgan fingerprint density at radius 3 is 2.43 bits per heavy atom. The number of hydrogen-bond donors (Lipinski definition) is 1. The average Bonchev–Trinajstić information content (AvgIpc) is 2.82. The van der Waals surface area contributed by atoms with Crippen LogP contribution < -0.4 is 5.73 Å². The van der Waals surface area contributed by atoms with E-state index in [1.165, 1.54) is 0 Å². The molecule has 0 aromatic heterocycles. The first-order chi connectivity index (χ1) is 6.50. The summed E-state index contributed by atoms with van der Waals surface area (Å²) in [6.07, 6.45) is 2.22. The fourth-order valence-electron chi connectivity index (χ4n) is 2.07. The summed E-state index contributed by atoms with van der Waals surface area (Å²) in [7, 11) is 0. The number of halogens is 2. The van der Waals surface area contributed by atoms with Gasteiger partial charge in [0, 0.05) is 6.04 Å². The van der Waals surface area contributed by atoms with Crippen LogP contribution in [0.2, 0.25) is 0 Å². The molecule has 1 unspecified atom stereocenters. The maximum Gasteiger partial charge on any atom is 0.272 e. The number of carbonyl (C=O) groups excluding carboxylic acids is 1. The van der Waals surface area contributed by atoms with Crippen molar-refractivity contribution in [2.24, 2.45) is 11.7 Å². The number of primary amides is 1. The van der Waals surface area contributed by atoms with Crippen molar-refractivity contribution in [2.75, 3.05) is 13.1 Å². The molecule has 14 heavy (non-hydrogen) atoms. The Kier molecular flexibility index (Phi) is 2.21. The second kappa shape index (κ2) is 3.15. The molecule has 1 atom stereocenters. The van der Waals surface area contributed by atoms with Crippen LogP contribution in [0.3, 0.4) is 0 Å². The van der Waals surface area contributed by atoms with Crippen molar-refractivity contribution in [1.82, 2.24) is 4.90 Å². The molecule has 3 nitrogen and oxygen atoms in total. The van der Waals surface area contributed by atoms with E-state index in [2.05, 4.69) is 0 Å². The van der Waals surface area contributed by atoms with Gasteiger partial charge in [-0.05, 0) is 25.8 Å². The monoisotopic (exact) mass is 204 g/mol. The molecule has 1 aliphatic carbocycles. The van der Waals surface area contributed by atoms with Crippen LogP contribution in [-0.4, -0.2) is 35.9 Å². The van der Waals surface area contributed by atoms with E-state index < -0.39 is 17.7 Å². The minimum Gasteiger partial charge on any atom is -0.369 e. The Hall–Kier alpha value is -0.710. The van der Waals surface area contributed by atoms with Crippen molar-refractivity contribution in [3.63, 3.8) is 0 Å². The van der Waals surface area contributed by atoms with Gasteiger partial charge in [-0.2, -0.15) is 0 Å². The molecule has 80 valence electrons. The topological polar surface area (TPSA) is 46.3 Å². The second-order valence-electron chi connectivity index (χ2n) is 4.21. The van der Waals surface area contributed by atoms with Gasteiger partial charge >= 0.3 is 0 Å². The summed E-state index contributed by atoms with van der Waals surface area (Å²) < 4.78 is 26.8. The zero-order valence-corrected chi connectivity index (χ0v) is 7.88. The SMILES string of the molecule is NC(=O)C1CCN(C2CC2)CC1(F)F. The van der Waals surface area contributed by atoms with E-state index in [4.69, 9.17) is 5.73 Å². The highest BCUT2D eigenvalue weighted by molar-refractivity contribution is 5.77. The van der Waals surface area contributed by atoms with Crippen LogP contribution in [0.4, 0.5) is 8.78 Å². The Balaban J connectivity index is 2.03. The number of carbonyl (C=O) groups is 1. The molecule has 0 spiro atoms. The van der Waals surface area contributed by atoms with E-state index in [1.54, 1.807) is 4.90 Å². The van der Waals surface area contributed by atoms with E-state index in [1.807, 2.05) is 0 Å². The molecule has 2 rings (SSSR count). The van der Waals surface area contributed by atoms with Gasteiger partial charge < -0.3 is 5.73 Å². The molecule has 0 bridgehead atoms. The molecular weight excluding hydrogens is 190 g/mol. The van der Waals surface area contributed by atoms with Crippen LogP contribution in [0.5, 0.6) is 0 Å². The summed E-state index contributed by atoms with van der Waals surface area (Å²) in [4.78, 5) is 12.6. The van der Waals surface area contributed by atoms with E-state index in [-0.39, 0.29) is 13.0 Å². The minimum atomic E-state index is -2.94. The lowest BCUT2D eigenvalue weighted by Crippen LogP contribution is -2.53. The largest absolute Gasteiger partial charge is 0.369 e. The molecule has 0 aromatic carbocycles. The third-order valence-electron chi connectivity index (χ3n) is 3.04. The highest BCUT2D eigenvalue weighted by Gasteiger charge is 2.49. The fraction of sp³-hybridized carbons (Fsp3) is 0.889. The van der Waals surface area contributed by atoms with Crippen molar-refractivity contribution in [2.45, 2.75) is 31.2 Å². The van der Waals surface area contributed by atoms with E-state index in [9.17, 15) is 13.6 Å². The lowest BCUT2D eigenvalue weighted by atomic mass is 9.92. The third-order valence-corrected chi connectivity index (χ3v) is 3.04. The quantitative estimate of drug-likeness (QED) is 0.715. The molecular formula is C9H14F2N2O. The number of nitrogens with zero attached hydrogens (tertiary/aromatic N) is 1. The lowest BCUT2D eigenvalue weighted by molar-refractivity contribution is -0.148. The van der Waals surface area contributed by atoms with Crippen LogP contribution >= 0.6 is 0 Å². The Bertz CT molecular complexity index is 253. The van der Waals surface area contributed by atoms with Gasteiger partial charge in [0.1, 0.15) is 5.92 Å². The first-order valence-corrected chi connectivity index (χ1v) is 4.92. The first-order valence-electron chi connectivity index (χ1n) is 4.92. The predicted molar refractivity (Wildman–Crippen MR) is 46.8 cm³/mol. The smallest absolute Gasteiger partial charge is 0.272 e. The molecule has 2 fully saturated rings. The van der Waals surface area contributed by atoms with Crippen molar-refractivity contribution in [3.05, 3.63) is 0 Å². The van der Waals surface area contributed by atoms with Crippen molar-refractivity contribution >= 4 is 5.91 Å². The van der Waals surface area contributed by atoms with Gasteiger partial charge in [-0.25, -0.2) is 8.78 Å². The number of likely N-dealkylation sites (tertiary alicyclic amines) is 1. The predicted octanol–water partition coefficient (Wildman–Crippen LogP) is 0.591. The molecule has 2 N–H and O–H groups in total. The van der Waals surface area contributed by atoms with Gasteiger partial charge in [-0.3, -0.25) is 9.69 Å². The maximum atomic E-state index is 13.4. The van der Waals surface area contributed by atoms with Crippen LogP contribution in [0.25, 0.3) is 0 Å². The molecule has 5 heteroatoms. The zero-order chi connectivity index (χ0) is 10.3. The highest BCUT2D eigenvalue weighted by Crippen LogP contribution is 2.37. The number of piperidine rings is 1. The molecule has 1 amide bonds. The lowest BCUT2D eigenvalue weighted by Gasteiger charge is -2.36. The van der Waals surface area contributed by atoms with E-state index in [0.29, 0.717) is 12.6 Å². The van der Waals surface area contributed by atoms with Crippen LogP contribution in [-0.2, 0) is 4.79 Å². The Morgan fingerprint density at radius 2 is 2.00 bits per heavy atom. The number of rotatable bonds is 2. The number of alkyl halides is 2. The summed E-state index contributed by atoms with van der Waals surface area (Å²) in [5.41, 5.74) is 4.94. The molecule has 0 radical (unpaired) electrons. The van der Waals surface area contributed by atoms with E-state index >= 15 is 0 Å². The maximum absolute atomic E-state index is 13.4. The average molecular weight is 204 g/mol. The van der Waals surface area contributed by atoms with Gasteiger partial charge in [-0.1, -0.05) is 0 Å². The van der Waals surface area contributed by atoms with Crippen LogP contribution in [0.1, 0.15) is 19.3 Å². The van der Waals surface area contributed by atoms with Gasteiger partial charge in [0.25, 0.3) is 5.92 Å². The molecule has 1 saturated heterocycles. The fourth-order valence-corrected chi connectivity index (χ4v) is 2.07. The highest BCUT2D eigenvalue weighted by atomic mass is 19.3. The summed E-state index contributed by atoms with van der Waals surface area (Å²) in [6.45, 7) is 0.277. The zero-order valence-electron chi connectivity index (χ0n) is 7.88. The normalized spacial score (nSPS) is 32.9. The molecule has 2 aliphatic rings. The van der Waals surface area contributed by atoms with Gasteiger partial charge in [0.05, 0.1) is 6.54 Å². The van der Waals surface area contributed by atoms with Crippen LogP contribution in [0.15, 0.2) is 0 Å². The van der Waals surface area contributed by atoms with Crippen molar-refractivity contribution in [3.8, 4) is 0 Å². The summed E-state index contributed by atoms with van der Waals surface area (Å²) in [5.74, 6) is -5.07. The molecule has 1 saturated carbocycles. The third kappa shape index (κ3) is 1.73. The standard InChI is InChI=1S/C9H14F2N2O/c10-9(11)5-13(6-1-2-6)4-3-7(9)8(12)14/h6-7H,1-5H2,(H2,12,14). The molecule has 1 heterocycles. The number of hydrogen-bond acceptors (Lipinski definition) is 2. The van der Waals surface area contributed by atoms with Crippen LogP contribution in [0, 0.1) is 5.92 Å².